The highest BCUT2D eigenvalue weighted by Crippen LogP contribution is 2.39. The van der Waals surface area contributed by atoms with Gasteiger partial charge in [0.05, 0.1) is 39.3 Å². The number of Topliss-reactive ketones (excluding diaryl/α,β-unsaturated/α-hetero) is 4. The van der Waals surface area contributed by atoms with Crippen molar-refractivity contribution < 1.29 is 61.9 Å². The lowest BCUT2D eigenvalue weighted by Gasteiger charge is -2.14. The van der Waals surface area contributed by atoms with Crippen LogP contribution in [-0.4, -0.2) is 57.7 Å². The second-order valence-electron chi connectivity index (χ2n) is 26.1. The number of nitrogens with zero attached hydrogens (tertiary/aromatic N) is 1. The van der Waals surface area contributed by atoms with Crippen LogP contribution in [0.5, 0.6) is 28.7 Å². The van der Waals surface area contributed by atoms with E-state index in [0.717, 1.165) is 93.0 Å². The second kappa shape index (κ2) is 40.2. The van der Waals surface area contributed by atoms with Crippen molar-refractivity contribution in [3.05, 3.63) is 390 Å². The van der Waals surface area contributed by atoms with Gasteiger partial charge in [-0.2, -0.15) is 0 Å². The molecule has 3 N–H and O–H groups in total. The first kappa shape index (κ1) is 79.7. The third-order valence-electron chi connectivity index (χ3n) is 18.3. The average Bonchev–Trinajstić information content (AvgIpc) is 1.46. The Kier molecular flexibility index (Phi) is 28.1. The Labute approximate surface area is 668 Å². The average molecular weight is 1570 g/mol. The summed E-state index contributed by atoms with van der Waals surface area (Å²) in [6, 6.07) is 108. The molecule has 0 spiro atoms. The van der Waals surface area contributed by atoms with Crippen LogP contribution in [0.4, 0.5) is 6.01 Å². The van der Waals surface area contributed by atoms with Crippen LogP contribution in [-0.2, 0) is 42.6 Å². The Balaban J connectivity index is 0.000000132. The van der Waals surface area contributed by atoms with Crippen molar-refractivity contribution >= 4 is 105 Å². The van der Waals surface area contributed by atoms with Gasteiger partial charge in [0.25, 0.3) is 6.01 Å². The molecule has 568 valence electrons. The molecule has 0 saturated carbocycles. The lowest BCUT2D eigenvalue weighted by atomic mass is 10.0. The van der Waals surface area contributed by atoms with Crippen LogP contribution in [0.3, 0.4) is 0 Å². The van der Waals surface area contributed by atoms with E-state index >= 15 is 0 Å². The molecule has 1 aromatic heterocycles. The van der Waals surface area contributed by atoms with Gasteiger partial charge in [0, 0.05) is 6.92 Å². The zero-order chi connectivity index (χ0) is 79.4. The van der Waals surface area contributed by atoms with Gasteiger partial charge in [-0.15, -0.1) is 0 Å². The highest BCUT2D eigenvalue weighted by molar-refractivity contribution is 9.09. The number of ketones is 4. The van der Waals surface area contributed by atoms with Gasteiger partial charge in [0.2, 0.25) is 5.78 Å². The minimum Gasteiger partial charge on any atom is -0.488 e. The summed E-state index contributed by atoms with van der Waals surface area (Å²) in [4.78, 5) is 64.2. The molecular formula is C98H81BrN2O13. The van der Waals surface area contributed by atoms with Crippen LogP contribution in [0.1, 0.15) is 83.1 Å². The van der Waals surface area contributed by atoms with E-state index in [2.05, 4.69) is 27.0 Å². The Morgan fingerprint density at radius 1 is 0.342 bits per heavy atom. The van der Waals surface area contributed by atoms with Gasteiger partial charge in [-0.25, -0.2) is 4.98 Å². The minimum absolute atomic E-state index is 0.0230. The smallest absolute Gasteiger partial charge is 0.303 e. The molecule has 1 heterocycles. The Hall–Kier alpha value is -13.8. The molecule has 0 atom stereocenters. The van der Waals surface area contributed by atoms with Gasteiger partial charge >= 0.3 is 5.97 Å². The van der Waals surface area contributed by atoms with E-state index in [-0.39, 0.29) is 41.1 Å². The number of oxazole rings is 1. The van der Waals surface area contributed by atoms with Crippen LogP contribution in [0, 0.1) is 0 Å². The third kappa shape index (κ3) is 21.2. The van der Waals surface area contributed by atoms with Gasteiger partial charge < -0.3 is 43.7 Å². The Bertz CT molecular complexity index is 5810. The Morgan fingerprint density at radius 3 is 0.939 bits per heavy atom. The van der Waals surface area contributed by atoms with Crippen LogP contribution in [0.2, 0.25) is 0 Å². The lowest BCUT2D eigenvalue weighted by Crippen LogP contribution is -2.14. The summed E-state index contributed by atoms with van der Waals surface area (Å²) in [6.07, 6.45) is 1.63. The van der Waals surface area contributed by atoms with E-state index in [1.807, 2.05) is 315 Å². The monoisotopic (exact) mass is 1570 g/mol. The van der Waals surface area contributed by atoms with E-state index in [1.165, 1.54) is 6.92 Å². The number of ether oxygens (including phenoxy) is 6. The molecule has 0 aliphatic heterocycles. The number of aliphatic hydroxyl groups is 1. The molecule has 0 saturated heterocycles. The number of carbonyl (C=O) groups is 5. The van der Waals surface area contributed by atoms with E-state index in [1.54, 1.807) is 25.3 Å². The third-order valence-corrected chi connectivity index (χ3v) is 18.8. The summed E-state index contributed by atoms with van der Waals surface area (Å²) in [5.74, 6) is 2.56. The number of carbonyl (C=O) groups excluding carboxylic acids is 5. The number of anilines is 1. The van der Waals surface area contributed by atoms with Crippen LogP contribution >= 0.6 is 15.9 Å². The molecule has 0 bridgehead atoms. The first-order valence-electron chi connectivity index (χ1n) is 36.9. The molecule has 114 heavy (non-hydrogen) atoms. The highest BCUT2D eigenvalue weighted by Gasteiger charge is 2.22. The van der Waals surface area contributed by atoms with E-state index in [4.69, 9.17) is 38.6 Å². The first-order chi connectivity index (χ1) is 55.8. The molecule has 0 aliphatic carbocycles. The number of halogens is 1. The maximum Gasteiger partial charge on any atom is 0.303 e. The quantitative estimate of drug-likeness (QED) is 0.0327. The molecule has 15 aromatic carbocycles. The molecule has 16 aromatic rings. The summed E-state index contributed by atoms with van der Waals surface area (Å²) >= 11 is 3.26. The van der Waals surface area contributed by atoms with Gasteiger partial charge in [-0.1, -0.05) is 319 Å². The molecule has 16 heteroatoms. The predicted molar refractivity (Wildman–Crippen MR) is 454 cm³/mol. The summed E-state index contributed by atoms with van der Waals surface area (Å²) in [6.45, 7) is 4.15. The molecule has 16 rings (SSSR count). The molecular weight excluding hydrogens is 1490 g/mol. The van der Waals surface area contributed by atoms with Crippen molar-refractivity contribution in [2.75, 3.05) is 24.3 Å². The predicted octanol–water partition coefficient (Wildman–Crippen LogP) is 22.0. The van der Waals surface area contributed by atoms with Gasteiger partial charge in [-0.3, -0.25) is 24.0 Å². The molecule has 0 fully saturated rings. The minimum atomic E-state index is -0.532. The Morgan fingerprint density at radius 2 is 0.623 bits per heavy atom. The fourth-order valence-electron chi connectivity index (χ4n) is 12.8. The number of rotatable bonds is 24. The molecule has 0 radical (unpaired) electrons. The van der Waals surface area contributed by atoms with Crippen LogP contribution < -0.4 is 29.4 Å². The van der Waals surface area contributed by atoms with E-state index in [0.29, 0.717) is 84.0 Å². The van der Waals surface area contributed by atoms with E-state index < -0.39 is 12.6 Å². The van der Waals surface area contributed by atoms with E-state index in [9.17, 15) is 29.1 Å². The number of aliphatic hydroxyl groups excluding tert-OH is 1. The summed E-state index contributed by atoms with van der Waals surface area (Å²) < 4.78 is 40.0. The number of esters is 1. The number of hydrogen-bond acceptors (Lipinski definition) is 15. The van der Waals surface area contributed by atoms with Crippen molar-refractivity contribution in [2.24, 2.45) is 0 Å². The van der Waals surface area contributed by atoms with Crippen LogP contribution in [0.25, 0.3) is 65.2 Å². The molecule has 0 aliphatic rings. The number of nitrogen functional groups attached to an aromatic ring is 1. The topological polar surface area (TPSA) is 213 Å². The maximum absolute atomic E-state index is 12.6. The molecule has 0 unspecified atom stereocenters. The first-order valence-corrected chi connectivity index (χ1v) is 38.0. The zero-order valence-corrected chi connectivity index (χ0v) is 64.3. The fraction of sp³-hybridized carbons (Fsp3) is 0.102. The van der Waals surface area contributed by atoms with Gasteiger partial charge in [-0.05, 0) is 119 Å². The fourth-order valence-corrected chi connectivity index (χ4v) is 13.1. The maximum atomic E-state index is 12.6. The standard InChI is InChI=1S/C21H18O4.C20H16N2O2.C19H15BrO2.C19H16O3.C19H16O2/c1-15(22)24-14-19(23)21-18-10-6-5-9-17(18)11-12-20(21)25-13-16-7-3-2-4-8-16;21-20-22-12-18(24-20)19-16-9-5-4-8-15(16)10-11-17(19)23-13-14-6-2-1-3-7-14;2*20-12-17(21)19-16-9-5-4-8-15(16)10-11-18(19)22-13-14-6-2-1-3-7-14;1-14(20)19-17-10-6-5-9-16(17)11-12-18(19)21-13-15-7-3-2-4-8-15/h2-12H,13-14H2,1H3;1-12H,13H2,(H2,21,22);1-11H,12-13H2;1-11,20H,12-13H2;2-12H,13H2,1H3. The SMILES string of the molecule is CC(=O)OCC(=O)c1c(OCc2ccccc2)ccc2ccccc12.CC(=O)c1c(OCc2ccccc2)ccc2ccccc12.Nc1ncc(-c2c(OCc3ccccc3)ccc3ccccc23)o1.O=C(CBr)c1c(OCc2ccccc2)ccc2ccccc12.O=C(CO)c1c(OCc2ccccc2)ccc2ccccc12. The normalized spacial score (nSPS) is 10.6. The van der Waals surface area contributed by atoms with Gasteiger partial charge in [0.15, 0.2) is 29.7 Å². The highest BCUT2D eigenvalue weighted by atomic mass is 79.9. The number of hydrogen-bond donors (Lipinski definition) is 2. The summed E-state index contributed by atoms with van der Waals surface area (Å²) in [5.41, 5.74) is 14.0. The molecule has 0 amide bonds. The zero-order valence-electron chi connectivity index (χ0n) is 62.7. The van der Waals surface area contributed by atoms with Crippen molar-refractivity contribution in [3.63, 3.8) is 0 Å². The van der Waals surface area contributed by atoms with Crippen molar-refractivity contribution in [1.29, 1.82) is 0 Å². The molecule has 15 nitrogen and oxygen atoms in total. The number of benzene rings is 15. The largest absolute Gasteiger partial charge is 0.488 e. The number of aromatic nitrogens is 1. The number of alkyl halides is 1. The van der Waals surface area contributed by atoms with Crippen LogP contribution in [0.15, 0.2) is 344 Å². The van der Waals surface area contributed by atoms with Crippen molar-refractivity contribution in [3.8, 4) is 40.1 Å². The number of fused-ring (bicyclic) bond motifs is 5. The van der Waals surface area contributed by atoms with Crippen molar-refractivity contribution in [1.82, 2.24) is 4.98 Å². The second-order valence-corrected chi connectivity index (χ2v) is 26.7. The summed E-state index contributed by atoms with van der Waals surface area (Å²) in [5, 5.41) is 19.1. The van der Waals surface area contributed by atoms with Gasteiger partial charge in [0.1, 0.15) is 68.4 Å². The number of nitrogens with two attached hydrogens (primary N) is 1. The lowest BCUT2D eigenvalue weighted by molar-refractivity contribution is -0.139. The van der Waals surface area contributed by atoms with Crippen molar-refractivity contribution in [2.45, 2.75) is 46.9 Å². The summed E-state index contributed by atoms with van der Waals surface area (Å²) in [7, 11) is 0.